The SMILES string of the molecule is COc1cc(/C=C2\SC(=Nc3ccccc3)N([C@@H]3CCCC[C@H]3C)C2=O)ccc1OCc1cccc(C)c1. The van der Waals surface area contributed by atoms with E-state index in [0.29, 0.717) is 28.9 Å². The van der Waals surface area contributed by atoms with E-state index in [4.69, 9.17) is 14.5 Å². The van der Waals surface area contributed by atoms with Crippen molar-refractivity contribution in [3.05, 3.63) is 94.4 Å². The minimum Gasteiger partial charge on any atom is -0.493 e. The summed E-state index contributed by atoms with van der Waals surface area (Å²) in [6.45, 7) is 4.78. The van der Waals surface area contributed by atoms with Crippen LogP contribution in [0.3, 0.4) is 0 Å². The van der Waals surface area contributed by atoms with Crippen molar-refractivity contribution in [1.29, 1.82) is 0 Å². The number of amides is 1. The molecule has 0 aromatic heterocycles. The van der Waals surface area contributed by atoms with Gasteiger partial charge in [0.15, 0.2) is 16.7 Å². The Hall–Kier alpha value is -3.51. The lowest BCUT2D eigenvalue weighted by Gasteiger charge is -2.35. The molecule has 1 saturated carbocycles. The maximum Gasteiger partial charge on any atom is 0.267 e. The number of nitrogens with zero attached hydrogens (tertiary/aromatic N) is 2. The van der Waals surface area contributed by atoms with Gasteiger partial charge in [-0.15, -0.1) is 0 Å². The summed E-state index contributed by atoms with van der Waals surface area (Å²) in [5.41, 5.74) is 4.05. The van der Waals surface area contributed by atoms with Crippen molar-refractivity contribution in [2.24, 2.45) is 10.9 Å². The van der Waals surface area contributed by atoms with Gasteiger partial charge in [0.05, 0.1) is 17.7 Å². The molecule has 196 valence electrons. The zero-order valence-corrected chi connectivity index (χ0v) is 23.0. The number of carbonyl (C=O) groups excluding carboxylic acids is 1. The summed E-state index contributed by atoms with van der Waals surface area (Å²) in [5, 5.41) is 0.760. The molecular weight excluding hydrogens is 492 g/mol. The molecule has 0 unspecified atom stereocenters. The van der Waals surface area contributed by atoms with Crippen LogP contribution in [0.2, 0.25) is 0 Å². The van der Waals surface area contributed by atoms with E-state index in [2.05, 4.69) is 32.0 Å². The van der Waals surface area contributed by atoms with Crippen LogP contribution < -0.4 is 9.47 Å². The normalized spacial score (nSPS) is 21.8. The highest BCUT2D eigenvalue weighted by molar-refractivity contribution is 8.18. The Morgan fingerprint density at radius 1 is 1.00 bits per heavy atom. The second-order valence-electron chi connectivity index (χ2n) is 10.0. The van der Waals surface area contributed by atoms with E-state index in [1.54, 1.807) is 7.11 Å². The van der Waals surface area contributed by atoms with Crippen molar-refractivity contribution in [3.63, 3.8) is 0 Å². The highest BCUT2D eigenvalue weighted by Gasteiger charge is 2.41. The molecule has 2 atom stereocenters. The minimum atomic E-state index is 0.0298. The van der Waals surface area contributed by atoms with Gasteiger partial charge >= 0.3 is 0 Å². The van der Waals surface area contributed by atoms with Gasteiger partial charge in [0.2, 0.25) is 0 Å². The van der Waals surface area contributed by atoms with Crippen LogP contribution in [0, 0.1) is 12.8 Å². The highest BCUT2D eigenvalue weighted by Crippen LogP contribution is 2.40. The lowest BCUT2D eigenvalue weighted by Crippen LogP contribution is -2.44. The highest BCUT2D eigenvalue weighted by atomic mass is 32.2. The number of hydrogen-bond donors (Lipinski definition) is 0. The molecule has 0 bridgehead atoms. The molecule has 3 aromatic rings. The van der Waals surface area contributed by atoms with Crippen LogP contribution in [-0.4, -0.2) is 29.1 Å². The Bertz CT molecular complexity index is 1350. The fourth-order valence-corrected chi connectivity index (χ4v) is 6.20. The van der Waals surface area contributed by atoms with Crippen LogP contribution in [0.4, 0.5) is 5.69 Å². The number of carbonyl (C=O) groups is 1. The van der Waals surface area contributed by atoms with Gasteiger partial charge in [-0.1, -0.05) is 73.9 Å². The summed E-state index contributed by atoms with van der Waals surface area (Å²) in [7, 11) is 1.64. The van der Waals surface area contributed by atoms with Crippen LogP contribution in [-0.2, 0) is 11.4 Å². The third-order valence-electron chi connectivity index (χ3n) is 7.18. The maximum atomic E-state index is 13.8. The lowest BCUT2D eigenvalue weighted by atomic mass is 9.85. The molecule has 6 heteroatoms. The summed E-state index contributed by atoms with van der Waals surface area (Å²) < 4.78 is 11.7. The number of thioether (sulfide) groups is 1. The third-order valence-corrected chi connectivity index (χ3v) is 8.16. The number of rotatable bonds is 7. The molecule has 0 spiro atoms. The first-order chi connectivity index (χ1) is 18.5. The smallest absolute Gasteiger partial charge is 0.267 e. The van der Waals surface area contributed by atoms with Gasteiger partial charge in [0, 0.05) is 6.04 Å². The van der Waals surface area contributed by atoms with Crippen molar-refractivity contribution in [2.75, 3.05) is 7.11 Å². The first kappa shape index (κ1) is 26.1. The van der Waals surface area contributed by atoms with Gasteiger partial charge < -0.3 is 9.47 Å². The predicted molar refractivity (Wildman–Crippen MR) is 156 cm³/mol. The number of aryl methyl sites for hydroxylation is 1. The molecule has 3 aromatic carbocycles. The molecule has 1 aliphatic heterocycles. The van der Waals surface area contributed by atoms with Crippen LogP contribution in [0.5, 0.6) is 11.5 Å². The van der Waals surface area contributed by atoms with E-state index in [1.165, 1.54) is 23.7 Å². The molecule has 5 nitrogen and oxygen atoms in total. The molecule has 38 heavy (non-hydrogen) atoms. The van der Waals surface area contributed by atoms with Crippen molar-refractivity contribution in [3.8, 4) is 11.5 Å². The zero-order valence-electron chi connectivity index (χ0n) is 22.2. The largest absolute Gasteiger partial charge is 0.493 e. The standard InChI is InChI=1S/C32H34N2O3S/c1-22-10-9-12-25(18-22)21-37-28-17-16-24(19-29(28)36-3)20-30-31(35)34(27-15-8-7-11-23(27)2)32(38-30)33-26-13-5-4-6-14-26/h4-6,9-10,12-14,16-20,23,27H,7-8,11,15,21H2,1-3H3/b30-20-,33-32?/t23-,27-/m1/s1. The summed E-state index contributed by atoms with van der Waals surface area (Å²) >= 11 is 1.45. The molecule has 1 amide bonds. The summed E-state index contributed by atoms with van der Waals surface area (Å²) in [6, 6.07) is 24.1. The number of methoxy groups -OCH3 is 1. The fraction of sp³-hybridized carbons (Fsp3) is 0.312. The van der Waals surface area contributed by atoms with E-state index in [-0.39, 0.29) is 11.9 Å². The van der Waals surface area contributed by atoms with Gasteiger partial charge in [0.1, 0.15) is 6.61 Å². The molecule has 0 N–H and O–H groups in total. The van der Waals surface area contributed by atoms with Gasteiger partial charge in [-0.25, -0.2) is 4.99 Å². The summed E-state index contributed by atoms with van der Waals surface area (Å²) in [5.74, 6) is 1.78. The number of ether oxygens (including phenoxy) is 2. The van der Waals surface area contributed by atoms with Gasteiger partial charge in [-0.2, -0.15) is 0 Å². The fourth-order valence-electron chi connectivity index (χ4n) is 5.16. The number of amidine groups is 1. The Balaban J connectivity index is 1.41. The number of hydrogen-bond acceptors (Lipinski definition) is 5. The zero-order chi connectivity index (χ0) is 26.5. The third kappa shape index (κ3) is 5.97. The van der Waals surface area contributed by atoms with Crippen LogP contribution in [0.15, 0.2) is 82.7 Å². The first-order valence-electron chi connectivity index (χ1n) is 13.2. The lowest BCUT2D eigenvalue weighted by molar-refractivity contribution is -0.124. The van der Waals surface area contributed by atoms with Gasteiger partial charge in [0.25, 0.3) is 5.91 Å². The van der Waals surface area contributed by atoms with Crippen molar-refractivity contribution < 1.29 is 14.3 Å². The molecule has 1 saturated heterocycles. The van der Waals surface area contributed by atoms with Crippen LogP contribution in [0.1, 0.15) is 49.3 Å². The van der Waals surface area contributed by atoms with Crippen molar-refractivity contribution in [2.45, 2.75) is 52.2 Å². The molecule has 2 aliphatic rings. The van der Waals surface area contributed by atoms with E-state index >= 15 is 0 Å². The second kappa shape index (κ2) is 11.9. The molecule has 5 rings (SSSR count). The maximum absolute atomic E-state index is 13.8. The Morgan fingerprint density at radius 2 is 1.82 bits per heavy atom. The number of benzene rings is 3. The minimum absolute atomic E-state index is 0.0298. The molecule has 0 radical (unpaired) electrons. The average Bonchev–Trinajstić information content (AvgIpc) is 3.22. The average molecular weight is 527 g/mol. The summed E-state index contributed by atoms with van der Waals surface area (Å²) in [6.07, 6.45) is 6.45. The first-order valence-corrected chi connectivity index (χ1v) is 14.1. The molecular formula is C32H34N2O3S. The number of aliphatic imine (C=N–C) groups is 1. The Kier molecular flexibility index (Phi) is 8.18. The van der Waals surface area contributed by atoms with Crippen LogP contribution >= 0.6 is 11.8 Å². The van der Waals surface area contributed by atoms with E-state index in [0.717, 1.165) is 41.2 Å². The second-order valence-corrected chi connectivity index (χ2v) is 11.0. The quantitative estimate of drug-likeness (QED) is 0.295. The summed E-state index contributed by atoms with van der Waals surface area (Å²) in [4.78, 5) is 21.3. The van der Waals surface area contributed by atoms with E-state index < -0.39 is 0 Å². The van der Waals surface area contributed by atoms with E-state index in [1.807, 2.05) is 65.6 Å². The molecule has 1 heterocycles. The monoisotopic (exact) mass is 526 g/mol. The van der Waals surface area contributed by atoms with Crippen LogP contribution in [0.25, 0.3) is 6.08 Å². The molecule has 2 fully saturated rings. The topological polar surface area (TPSA) is 51.1 Å². The van der Waals surface area contributed by atoms with Gasteiger partial charge in [-0.05, 0) is 78.9 Å². The predicted octanol–water partition coefficient (Wildman–Crippen LogP) is 7.77. The molecule has 1 aliphatic carbocycles. The van der Waals surface area contributed by atoms with Gasteiger partial charge in [-0.3, -0.25) is 9.69 Å². The van der Waals surface area contributed by atoms with E-state index in [9.17, 15) is 4.79 Å². The Labute approximate surface area is 229 Å². The number of para-hydroxylation sites is 1. The Morgan fingerprint density at radius 3 is 2.58 bits per heavy atom. The van der Waals surface area contributed by atoms with Crippen molar-refractivity contribution in [1.82, 2.24) is 4.90 Å². The van der Waals surface area contributed by atoms with Crippen molar-refractivity contribution >= 4 is 34.6 Å².